The van der Waals surface area contributed by atoms with Crippen LogP contribution >= 0.6 is 11.6 Å². The molecule has 6 nitrogen and oxygen atoms in total. The number of fused-ring (bicyclic) bond motifs is 1. The standard InChI is InChI=1S/C15H15ClN6/c16-11-9-12(19-15(18-11)10-4-5-10)17-7-6-14-21-20-13-3-1-2-8-22(13)14/h1-3,8-10H,4-7H2,(H,17,18,19). The van der Waals surface area contributed by atoms with Gasteiger partial charge in [0.2, 0.25) is 0 Å². The van der Waals surface area contributed by atoms with Crippen molar-refractivity contribution in [3.8, 4) is 0 Å². The molecule has 7 heteroatoms. The van der Waals surface area contributed by atoms with Crippen LogP contribution in [0.2, 0.25) is 5.15 Å². The lowest BCUT2D eigenvalue weighted by atomic mass is 10.3. The van der Waals surface area contributed by atoms with E-state index in [9.17, 15) is 0 Å². The molecule has 0 unspecified atom stereocenters. The Morgan fingerprint density at radius 2 is 2.14 bits per heavy atom. The fraction of sp³-hybridized carbons (Fsp3) is 0.333. The molecule has 22 heavy (non-hydrogen) atoms. The molecule has 0 saturated heterocycles. The first-order valence-corrected chi connectivity index (χ1v) is 7.74. The first-order chi connectivity index (χ1) is 10.8. The third kappa shape index (κ3) is 2.74. The van der Waals surface area contributed by atoms with Gasteiger partial charge in [-0.3, -0.25) is 4.40 Å². The van der Waals surface area contributed by atoms with Crippen LogP contribution in [0, 0.1) is 0 Å². The zero-order valence-corrected chi connectivity index (χ0v) is 12.7. The number of halogens is 1. The zero-order chi connectivity index (χ0) is 14.9. The average molecular weight is 315 g/mol. The van der Waals surface area contributed by atoms with Crippen molar-refractivity contribution in [2.24, 2.45) is 0 Å². The monoisotopic (exact) mass is 314 g/mol. The molecule has 0 amide bonds. The highest BCUT2D eigenvalue weighted by atomic mass is 35.5. The highest BCUT2D eigenvalue weighted by molar-refractivity contribution is 6.29. The van der Waals surface area contributed by atoms with Gasteiger partial charge in [-0.05, 0) is 25.0 Å². The summed E-state index contributed by atoms with van der Waals surface area (Å²) in [5, 5.41) is 12.1. The Kier molecular flexibility index (Phi) is 3.38. The van der Waals surface area contributed by atoms with Crippen molar-refractivity contribution in [1.82, 2.24) is 24.6 Å². The summed E-state index contributed by atoms with van der Waals surface area (Å²) in [7, 11) is 0. The molecule has 0 aromatic carbocycles. The molecule has 1 saturated carbocycles. The van der Waals surface area contributed by atoms with Crippen LogP contribution in [-0.4, -0.2) is 31.1 Å². The first kappa shape index (κ1) is 13.5. The van der Waals surface area contributed by atoms with Crippen molar-refractivity contribution in [3.63, 3.8) is 0 Å². The quantitative estimate of drug-likeness (QED) is 0.733. The Morgan fingerprint density at radius 1 is 1.23 bits per heavy atom. The van der Waals surface area contributed by atoms with E-state index in [0.717, 1.165) is 42.4 Å². The number of nitrogens with zero attached hydrogens (tertiary/aromatic N) is 5. The second-order valence-corrected chi connectivity index (χ2v) is 5.82. The molecule has 1 aliphatic rings. The fourth-order valence-electron chi connectivity index (χ4n) is 2.41. The van der Waals surface area contributed by atoms with Gasteiger partial charge in [-0.1, -0.05) is 17.7 Å². The topological polar surface area (TPSA) is 68.0 Å². The maximum absolute atomic E-state index is 6.06. The highest BCUT2D eigenvalue weighted by Gasteiger charge is 2.27. The number of rotatable bonds is 5. The van der Waals surface area contributed by atoms with Gasteiger partial charge in [-0.25, -0.2) is 9.97 Å². The number of nitrogens with one attached hydrogen (secondary N) is 1. The van der Waals surface area contributed by atoms with E-state index in [-0.39, 0.29) is 0 Å². The van der Waals surface area contributed by atoms with Gasteiger partial charge >= 0.3 is 0 Å². The van der Waals surface area contributed by atoms with Crippen molar-refractivity contribution in [1.29, 1.82) is 0 Å². The van der Waals surface area contributed by atoms with Crippen LogP contribution in [0.15, 0.2) is 30.5 Å². The Morgan fingerprint density at radius 3 is 3.00 bits per heavy atom. The molecule has 4 rings (SSSR count). The molecule has 0 spiro atoms. The summed E-state index contributed by atoms with van der Waals surface area (Å²) < 4.78 is 1.99. The van der Waals surface area contributed by atoms with Crippen LogP contribution in [0.3, 0.4) is 0 Å². The summed E-state index contributed by atoms with van der Waals surface area (Å²) in [5.74, 6) is 3.03. The van der Waals surface area contributed by atoms with Gasteiger partial charge in [0.15, 0.2) is 5.65 Å². The molecule has 1 fully saturated rings. The second-order valence-electron chi connectivity index (χ2n) is 5.43. The summed E-state index contributed by atoms with van der Waals surface area (Å²) in [4.78, 5) is 8.81. The Labute approximate surface area is 132 Å². The van der Waals surface area contributed by atoms with E-state index in [4.69, 9.17) is 11.6 Å². The van der Waals surface area contributed by atoms with Gasteiger partial charge in [-0.15, -0.1) is 10.2 Å². The minimum atomic E-state index is 0.486. The van der Waals surface area contributed by atoms with E-state index in [2.05, 4.69) is 25.5 Å². The maximum atomic E-state index is 6.06. The van der Waals surface area contributed by atoms with Gasteiger partial charge in [0.1, 0.15) is 22.6 Å². The molecule has 3 aromatic rings. The first-order valence-electron chi connectivity index (χ1n) is 7.36. The molecule has 3 aromatic heterocycles. The van der Waals surface area contributed by atoms with Crippen molar-refractivity contribution in [3.05, 3.63) is 47.3 Å². The normalized spacial score (nSPS) is 14.4. The number of hydrogen-bond donors (Lipinski definition) is 1. The summed E-state index contributed by atoms with van der Waals surface area (Å²) in [5.41, 5.74) is 0.860. The Balaban J connectivity index is 1.44. The molecule has 0 radical (unpaired) electrons. The summed E-state index contributed by atoms with van der Waals surface area (Å²) in [6.45, 7) is 0.715. The predicted molar refractivity (Wildman–Crippen MR) is 84.2 cm³/mol. The molecule has 1 N–H and O–H groups in total. The van der Waals surface area contributed by atoms with Crippen LogP contribution in [0.25, 0.3) is 5.65 Å². The van der Waals surface area contributed by atoms with Gasteiger partial charge in [0.05, 0.1) is 0 Å². The SMILES string of the molecule is Clc1cc(NCCc2nnc3ccccn23)nc(C2CC2)n1. The molecular weight excluding hydrogens is 300 g/mol. The summed E-state index contributed by atoms with van der Waals surface area (Å²) in [6, 6.07) is 7.62. The zero-order valence-electron chi connectivity index (χ0n) is 11.9. The lowest BCUT2D eigenvalue weighted by Gasteiger charge is -2.07. The van der Waals surface area contributed by atoms with E-state index < -0.39 is 0 Å². The third-order valence-electron chi connectivity index (χ3n) is 3.69. The molecule has 112 valence electrons. The largest absolute Gasteiger partial charge is 0.369 e. The Bertz CT molecular complexity index is 811. The second kappa shape index (κ2) is 5.53. The Hall–Kier alpha value is -2.21. The number of pyridine rings is 1. The number of hydrogen-bond acceptors (Lipinski definition) is 5. The number of anilines is 1. The average Bonchev–Trinajstić information content (AvgIpc) is 3.29. The van der Waals surface area contributed by atoms with Crippen molar-refractivity contribution >= 4 is 23.1 Å². The van der Waals surface area contributed by atoms with Crippen LogP contribution < -0.4 is 5.32 Å². The van der Waals surface area contributed by atoms with E-state index in [1.807, 2.05) is 28.8 Å². The smallest absolute Gasteiger partial charge is 0.160 e. The van der Waals surface area contributed by atoms with Gasteiger partial charge in [0, 0.05) is 31.1 Å². The minimum Gasteiger partial charge on any atom is -0.369 e. The summed E-state index contributed by atoms with van der Waals surface area (Å²) in [6.07, 6.45) is 5.04. The van der Waals surface area contributed by atoms with Crippen molar-refractivity contribution in [2.45, 2.75) is 25.2 Å². The fourth-order valence-corrected chi connectivity index (χ4v) is 2.60. The molecule has 0 atom stereocenters. The number of aromatic nitrogens is 5. The van der Waals surface area contributed by atoms with Gasteiger partial charge in [0.25, 0.3) is 0 Å². The predicted octanol–water partition coefficient (Wildman–Crippen LogP) is 2.70. The van der Waals surface area contributed by atoms with Crippen LogP contribution in [0.1, 0.15) is 30.4 Å². The third-order valence-corrected chi connectivity index (χ3v) is 3.89. The minimum absolute atomic E-state index is 0.486. The van der Waals surface area contributed by atoms with E-state index in [1.165, 1.54) is 0 Å². The van der Waals surface area contributed by atoms with Gasteiger partial charge in [-0.2, -0.15) is 0 Å². The lowest BCUT2D eigenvalue weighted by Crippen LogP contribution is -2.10. The molecular formula is C15H15ClN6. The summed E-state index contributed by atoms with van der Waals surface area (Å²) >= 11 is 6.06. The van der Waals surface area contributed by atoms with E-state index in [1.54, 1.807) is 6.07 Å². The highest BCUT2D eigenvalue weighted by Crippen LogP contribution is 2.38. The van der Waals surface area contributed by atoms with Crippen molar-refractivity contribution in [2.75, 3.05) is 11.9 Å². The molecule has 1 aliphatic carbocycles. The lowest BCUT2D eigenvalue weighted by molar-refractivity contribution is 0.860. The van der Waals surface area contributed by atoms with E-state index in [0.29, 0.717) is 17.6 Å². The van der Waals surface area contributed by atoms with Crippen LogP contribution in [0.4, 0.5) is 5.82 Å². The molecule has 0 aliphatic heterocycles. The van der Waals surface area contributed by atoms with Crippen molar-refractivity contribution < 1.29 is 0 Å². The molecule has 0 bridgehead atoms. The molecule has 3 heterocycles. The van der Waals surface area contributed by atoms with Crippen LogP contribution in [0.5, 0.6) is 0 Å². The van der Waals surface area contributed by atoms with Gasteiger partial charge < -0.3 is 5.32 Å². The maximum Gasteiger partial charge on any atom is 0.160 e. The van der Waals surface area contributed by atoms with E-state index >= 15 is 0 Å². The van der Waals surface area contributed by atoms with Crippen LogP contribution in [-0.2, 0) is 6.42 Å².